The zero-order valence-electron chi connectivity index (χ0n) is 11.0. The lowest BCUT2D eigenvalue weighted by molar-refractivity contribution is -0.108. The van der Waals surface area contributed by atoms with Gasteiger partial charge in [-0.3, -0.25) is 0 Å². The first-order valence-corrected chi connectivity index (χ1v) is 6.27. The monoisotopic (exact) mass is 233 g/mol. The van der Waals surface area contributed by atoms with E-state index < -0.39 is 0 Å². The van der Waals surface area contributed by atoms with Gasteiger partial charge in [0, 0.05) is 25.2 Å². The predicted molar refractivity (Wildman–Crippen MR) is 72.6 cm³/mol. The number of allylic oxidation sites excluding steroid dienone is 1. The van der Waals surface area contributed by atoms with Crippen LogP contribution < -0.4 is 0 Å². The molecule has 17 heavy (non-hydrogen) atoms. The summed E-state index contributed by atoms with van der Waals surface area (Å²) in [5.74, 6) is 1.06. The molecule has 0 spiro atoms. The second-order valence-corrected chi connectivity index (χ2v) is 5.19. The average Bonchev–Trinajstić information content (AvgIpc) is 2.59. The van der Waals surface area contributed by atoms with Gasteiger partial charge in [0.2, 0.25) is 0 Å². The van der Waals surface area contributed by atoms with Crippen molar-refractivity contribution in [3.05, 3.63) is 36.6 Å². The van der Waals surface area contributed by atoms with Crippen LogP contribution in [0.25, 0.3) is 0 Å². The summed E-state index contributed by atoms with van der Waals surface area (Å²) in [5, 5.41) is 0. The third kappa shape index (κ3) is 4.22. The van der Waals surface area contributed by atoms with Gasteiger partial charge in [0.25, 0.3) is 0 Å². The van der Waals surface area contributed by atoms with Crippen molar-refractivity contribution in [2.45, 2.75) is 26.7 Å². The lowest BCUT2D eigenvalue weighted by Gasteiger charge is -2.26. The van der Waals surface area contributed by atoms with Gasteiger partial charge in [-0.15, -0.1) is 0 Å². The van der Waals surface area contributed by atoms with Gasteiger partial charge in [0.05, 0.1) is 0 Å². The van der Waals surface area contributed by atoms with Crippen LogP contribution in [0.3, 0.4) is 0 Å². The quantitative estimate of drug-likeness (QED) is 0.629. The molecule has 0 aromatic rings. The fourth-order valence-electron chi connectivity index (χ4n) is 2.34. The molecule has 0 aromatic carbocycles. The highest BCUT2D eigenvalue weighted by atomic mass is 16.1. The van der Waals surface area contributed by atoms with E-state index in [9.17, 15) is 4.79 Å². The van der Waals surface area contributed by atoms with E-state index in [1.807, 2.05) is 6.08 Å². The van der Waals surface area contributed by atoms with Gasteiger partial charge in [-0.2, -0.15) is 0 Å². The molecule has 94 valence electrons. The van der Waals surface area contributed by atoms with Crippen LogP contribution in [-0.4, -0.2) is 24.3 Å². The summed E-state index contributed by atoms with van der Waals surface area (Å²) in [6.07, 6.45) is 6.72. The van der Waals surface area contributed by atoms with Crippen molar-refractivity contribution in [2.24, 2.45) is 11.8 Å². The molecule has 0 bridgehead atoms. The van der Waals surface area contributed by atoms with Crippen LogP contribution >= 0.6 is 0 Å². The Morgan fingerprint density at radius 3 is 2.71 bits per heavy atom. The van der Waals surface area contributed by atoms with E-state index in [1.165, 1.54) is 5.57 Å². The van der Waals surface area contributed by atoms with E-state index in [2.05, 4.69) is 38.0 Å². The molecule has 2 heteroatoms. The molecule has 2 nitrogen and oxygen atoms in total. The maximum Gasteiger partial charge on any atom is 0.120 e. The summed E-state index contributed by atoms with van der Waals surface area (Å²) in [7, 11) is 0. The summed E-state index contributed by atoms with van der Waals surface area (Å²) in [6, 6.07) is 0. The highest BCUT2D eigenvalue weighted by molar-refractivity contribution is 5.49. The molecule has 0 radical (unpaired) electrons. The summed E-state index contributed by atoms with van der Waals surface area (Å²) in [6.45, 7) is 14.0. The minimum absolute atomic E-state index is 0.432. The number of hydrogen-bond donors (Lipinski definition) is 0. The van der Waals surface area contributed by atoms with E-state index in [0.29, 0.717) is 18.3 Å². The van der Waals surface area contributed by atoms with Crippen LogP contribution in [0.4, 0.5) is 0 Å². The molecule has 0 N–H and O–H groups in total. The zero-order chi connectivity index (χ0) is 12.8. The number of aldehydes is 1. The van der Waals surface area contributed by atoms with E-state index in [-0.39, 0.29) is 0 Å². The maximum atomic E-state index is 10.7. The topological polar surface area (TPSA) is 20.3 Å². The molecule has 0 unspecified atom stereocenters. The Labute approximate surface area is 105 Å². The third-order valence-electron chi connectivity index (χ3n) is 3.11. The van der Waals surface area contributed by atoms with Crippen LogP contribution in [-0.2, 0) is 4.79 Å². The molecule has 1 heterocycles. The molecule has 1 rings (SSSR count). The first kappa shape index (κ1) is 13.8. The minimum atomic E-state index is 0.432. The molecule has 0 amide bonds. The van der Waals surface area contributed by atoms with Gasteiger partial charge < -0.3 is 9.69 Å². The van der Waals surface area contributed by atoms with Crippen molar-refractivity contribution >= 4 is 6.29 Å². The lowest BCUT2D eigenvalue weighted by atomic mass is 9.94. The molecule has 1 aliphatic rings. The molecule has 1 atom stereocenters. The number of hydrogen-bond acceptors (Lipinski definition) is 2. The first-order chi connectivity index (χ1) is 8.06. The lowest BCUT2D eigenvalue weighted by Crippen LogP contribution is -2.27. The van der Waals surface area contributed by atoms with E-state index in [4.69, 9.17) is 0 Å². The SMILES string of the molecule is C=CC1=CC(=C)N(C[C@H](CC=O)CC(C)C)C1. The second kappa shape index (κ2) is 6.43. The number of carbonyl (C=O) groups excluding carboxylic acids is 1. The average molecular weight is 233 g/mol. The molecule has 0 saturated heterocycles. The van der Waals surface area contributed by atoms with Crippen molar-refractivity contribution in [1.82, 2.24) is 4.90 Å². The first-order valence-electron chi connectivity index (χ1n) is 6.27. The molecule has 1 aliphatic heterocycles. The largest absolute Gasteiger partial charge is 0.367 e. The molecule has 0 aliphatic carbocycles. The summed E-state index contributed by atoms with van der Waals surface area (Å²) >= 11 is 0. The van der Waals surface area contributed by atoms with Gasteiger partial charge in [-0.1, -0.05) is 33.1 Å². The van der Waals surface area contributed by atoms with Gasteiger partial charge in [-0.25, -0.2) is 0 Å². The molecule has 0 saturated carbocycles. The van der Waals surface area contributed by atoms with Crippen molar-refractivity contribution in [2.75, 3.05) is 13.1 Å². The normalized spacial score (nSPS) is 17.2. The fraction of sp³-hybridized carbons (Fsp3) is 0.533. The molecular weight excluding hydrogens is 210 g/mol. The minimum Gasteiger partial charge on any atom is -0.367 e. The molecular formula is C15H23NO. The van der Waals surface area contributed by atoms with E-state index in [0.717, 1.165) is 31.5 Å². The van der Waals surface area contributed by atoms with E-state index >= 15 is 0 Å². The number of nitrogens with zero attached hydrogens (tertiary/aromatic N) is 1. The van der Waals surface area contributed by atoms with Crippen molar-refractivity contribution < 1.29 is 4.79 Å². The Kier molecular flexibility index (Phi) is 5.20. The van der Waals surface area contributed by atoms with Gasteiger partial charge in [0.1, 0.15) is 6.29 Å². The van der Waals surface area contributed by atoms with Crippen molar-refractivity contribution in [1.29, 1.82) is 0 Å². The Bertz CT molecular complexity index is 328. The van der Waals surface area contributed by atoms with Crippen LogP contribution in [0.15, 0.2) is 36.6 Å². The Balaban J connectivity index is 2.54. The molecule has 0 fully saturated rings. The van der Waals surface area contributed by atoms with Gasteiger partial charge >= 0.3 is 0 Å². The highest BCUT2D eigenvalue weighted by Gasteiger charge is 2.20. The van der Waals surface area contributed by atoms with Crippen molar-refractivity contribution in [3.8, 4) is 0 Å². The zero-order valence-corrected chi connectivity index (χ0v) is 11.0. The fourth-order valence-corrected chi connectivity index (χ4v) is 2.34. The van der Waals surface area contributed by atoms with Crippen LogP contribution in [0.5, 0.6) is 0 Å². The number of carbonyl (C=O) groups is 1. The Hall–Kier alpha value is -1.31. The molecule has 0 aromatic heterocycles. The van der Waals surface area contributed by atoms with Gasteiger partial charge in [0.15, 0.2) is 0 Å². The maximum absolute atomic E-state index is 10.7. The smallest absolute Gasteiger partial charge is 0.120 e. The van der Waals surface area contributed by atoms with Crippen molar-refractivity contribution in [3.63, 3.8) is 0 Å². The van der Waals surface area contributed by atoms with Gasteiger partial charge in [-0.05, 0) is 29.9 Å². The second-order valence-electron chi connectivity index (χ2n) is 5.19. The summed E-state index contributed by atoms with van der Waals surface area (Å²) < 4.78 is 0. The predicted octanol–water partition coefficient (Wildman–Crippen LogP) is 3.18. The third-order valence-corrected chi connectivity index (χ3v) is 3.11. The Morgan fingerprint density at radius 1 is 1.53 bits per heavy atom. The van der Waals surface area contributed by atoms with Crippen LogP contribution in [0, 0.1) is 11.8 Å². The van der Waals surface area contributed by atoms with Crippen LogP contribution in [0.2, 0.25) is 0 Å². The standard InChI is InChI=1S/C15H23NO/c1-5-14-9-13(4)16(10-14)11-15(6-7-17)8-12(2)3/h5,7,9,12,15H,1,4,6,8,10-11H2,2-3H3/t15-/m1/s1. The highest BCUT2D eigenvalue weighted by Crippen LogP contribution is 2.23. The summed E-state index contributed by atoms with van der Waals surface area (Å²) in [4.78, 5) is 12.9. The van der Waals surface area contributed by atoms with Crippen LogP contribution in [0.1, 0.15) is 26.7 Å². The Morgan fingerprint density at radius 2 is 2.24 bits per heavy atom. The number of rotatable bonds is 7. The summed E-state index contributed by atoms with van der Waals surface area (Å²) in [5.41, 5.74) is 2.25. The van der Waals surface area contributed by atoms with E-state index in [1.54, 1.807) is 0 Å².